The Hall–Kier alpha value is -4.57. The number of carbonyl (C=O) groups excluding carboxylic acids is 7. The van der Waals surface area contributed by atoms with Gasteiger partial charge in [0.25, 0.3) is 0 Å². The van der Waals surface area contributed by atoms with E-state index >= 15 is 0 Å². The number of amides is 1. The van der Waals surface area contributed by atoms with Crippen LogP contribution in [0.4, 0.5) is 0 Å². The van der Waals surface area contributed by atoms with Crippen molar-refractivity contribution in [2.24, 2.45) is 0 Å². The van der Waals surface area contributed by atoms with Crippen molar-refractivity contribution < 1.29 is 71.5 Å². The highest BCUT2D eigenvalue weighted by molar-refractivity contribution is 5.90. The zero-order valence-electron chi connectivity index (χ0n) is 25.2. The molecule has 1 saturated heterocycles. The number of ether oxygens (including phenoxy) is 8. The van der Waals surface area contributed by atoms with Gasteiger partial charge in [-0.05, 0) is 12.1 Å². The predicted octanol–water partition coefficient (Wildman–Crippen LogP) is -0.0106. The zero-order chi connectivity index (χ0) is 33.2. The van der Waals surface area contributed by atoms with Gasteiger partial charge in [-0.15, -0.1) is 0 Å². The van der Waals surface area contributed by atoms with E-state index in [-0.39, 0.29) is 5.56 Å². The highest BCUT2D eigenvalue weighted by atomic mass is 16.8. The van der Waals surface area contributed by atoms with E-state index in [0.717, 1.165) is 48.8 Å². The number of hydrogen-bond acceptors (Lipinski definition) is 15. The normalized spacial score (nSPS) is 24.0. The Balaban J connectivity index is 2.86. The lowest BCUT2D eigenvalue weighted by Crippen LogP contribution is -2.75. The first-order chi connectivity index (χ1) is 20.7. The van der Waals surface area contributed by atoms with Crippen molar-refractivity contribution in [3.05, 3.63) is 35.9 Å². The summed E-state index contributed by atoms with van der Waals surface area (Å²) >= 11 is 0. The van der Waals surface area contributed by atoms with Crippen LogP contribution in [0.3, 0.4) is 0 Å². The summed E-state index contributed by atoms with van der Waals surface area (Å²) in [5, 5.41) is 2.50. The molecule has 1 heterocycles. The van der Waals surface area contributed by atoms with Gasteiger partial charge in [-0.2, -0.15) is 0 Å². The molecule has 0 aliphatic carbocycles. The number of carbonyl (C=O) groups is 7. The second kappa shape index (κ2) is 15.8. The summed E-state index contributed by atoms with van der Waals surface area (Å²) in [7, 11) is 1.95. The molecular weight excluding hydrogens is 590 g/mol. The Labute approximate surface area is 252 Å². The molecule has 1 aromatic carbocycles. The Bertz CT molecular complexity index is 1230. The van der Waals surface area contributed by atoms with E-state index in [1.54, 1.807) is 18.2 Å². The fraction of sp³-hybridized carbons (Fsp3) is 0.536. The maximum Gasteiger partial charge on any atom is 0.370 e. The summed E-state index contributed by atoms with van der Waals surface area (Å²) in [5.41, 5.74) is 0.0243. The van der Waals surface area contributed by atoms with Crippen LogP contribution in [-0.4, -0.2) is 105 Å². The molecule has 1 N–H and O–H groups in total. The van der Waals surface area contributed by atoms with Crippen molar-refractivity contribution in [1.82, 2.24) is 5.32 Å². The number of esters is 6. The summed E-state index contributed by atoms with van der Waals surface area (Å²) in [6.45, 7) is 4.50. The minimum Gasteiger partial charge on any atom is -0.465 e. The van der Waals surface area contributed by atoms with Gasteiger partial charge in [-0.3, -0.25) is 24.0 Å². The van der Waals surface area contributed by atoms with Crippen LogP contribution in [0, 0.1) is 0 Å². The molecule has 1 aromatic rings. The van der Waals surface area contributed by atoms with Gasteiger partial charge in [0.05, 0.1) is 18.7 Å². The molecule has 16 nitrogen and oxygen atoms in total. The van der Waals surface area contributed by atoms with Gasteiger partial charge in [-0.25, -0.2) is 9.59 Å². The standard InChI is InChI=1S/C28H35NO15/c1-14(30)29-21-23(22(41-17(4)33)20(40-16(3)32)13-39-15(2)31)44-28(38-7,27(36)37-6)25(24(21)42-18(5)34)43-26(35)19-11-9-8-10-12-19/h8-12,20-25H,13H2,1-7H3,(H,29,30)/t20-,21+,22-,23-,24-,25+,28-/m1/s1. The van der Waals surface area contributed by atoms with E-state index in [2.05, 4.69) is 5.32 Å². The van der Waals surface area contributed by atoms with Crippen LogP contribution in [0.5, 0.6) is 0 Å². The van der Waals surface area contributed by atoms with Gasteiger partial charge in [0.1, 0.15) is 12.7 Å². The average Bonchev–Trinajstić information content (AvgIpc) is 2.95. The molecule has 44 heavy (non-hydrogen) atoms. The molecular formula is C28H35NO15. The van der Waals surface area contributed by atoms with Gasteiger partial charge >= 0.3 is 41.6 Å². The third-order valence-corrected chi connectivity index (χ3v) is 6.14. The number of benzene rings is 1. The van der Waals surface area contributed by atoms with Crippen molar-refractivity contribution in [2.75, 3.05) is 20.8 Å². The minimum absolute atomic E-state index is 0.0243. The third kappa shape index (κ3) is 8.97. The van der Waals surface area contributed by atoms with Crippen molar-refractivity contribution in [1.29, 1.82) is 0 Å². The van der Waals surface area contributed by atoms with Gasteiger partial charge in [0.2, 0.25) is 12.0 Å². The first kappa shape index (κ1) is 35.6. The predicted molar refractivity (Wildman–Crippen MR) is 143 cm³/mol. The van der Waals surface area contributed by atoms with Gasteiger partial charge in [-0.1, -0.05) is 18.2 Å². The number of methoxy groups -OCH3 is 2. The zero-order valence-corrected chi connectivity index (χ0v) is 25.2. The topological polar surface area (TPSA) is 205 Å². The maximum absolute atomic E-state index is 13.4. The monoisotopic (exact) mass is 625 g/mol. The Morgan fingerprint density at radius 2 is 1.45 bits per heavy atom. The molecule has 1 amide bonds. The summed E-state index contributed by atoms with van der Waals surface area (Å²) in [6.07, 6.45) is -8.89. The minimum atomic E-state index is -2.74. The van der Waals surface area contributed by atoms with E-state index in [0.29, 0.717) is 0 Å². The fourth-order valence-corrected chi connectivity index (χ4v) is 4.54. The molecule has 0 radical (unpaired) electrons. The molecule has 1 aliphatic rings. The average molecular weight is 626 g/mol. The second-order valence-corrected chi connectivity index (χ2v) is 9.46. The molecule has 2 rings (SSSR count). The van der Waals surface area contributed by atoms with Crippen LogP contribution in [0.25, 0.3) is 0 Å². The molecule has 16 heteroatoms. The molecule has 7 atom stereocenters. The maximum atomic E-state index is 13.4. The van der Waals surface area contributed by atoms with Crippen LogP contribution >= 0.6 is 0 Å². The Kier molecular flexibility index (Phi) is 12.8. The van der Waals surface area contributed by atoms with Gasteiger partial charge in [0.15, 0.2) is 18.3 Å². The summed E-state index contributed by atoms with van der Waals surface area (Å²) in [5.74, 6) is -9.38. The van der Waals surface area contributed by atoms with E-state index in [1.807, 2.05) is 0 Å². The van der Waals surface area contributed by atoms with Gasteiger partial charge < -0.3 is 43.2 Å². The van der Waals surface area contributed by atoms with Crippen LogP contribution in [0.2, 0.25) is 0 Å². The third-order valence-electron chi connectivity index (χ3n) is 6.14. The molecule has 1 fully saturated rings. The van der Waals surface area contributed by atoms with Crippen molar-refractivity contribution in [3.63, 3.8) is 0 Å². The lowest BCUT2D eigenvalue weighted by atomic mass is 9.85. The largest absolute Gasteiger partial charge is 0.465 e. The number of nitrogens with one attached hydrogen (secondary N) is 1. The lowest BCUT2D eigenvalue weighted by molar-refractivity contribution is -0.341. The second-order valence-electron chi connectivity index (χ2n) is 9.46. The van der Waals surface area contributed by atoms with Crippen LogP contribution in [-0.2, 0) is 66.7 Å². The van der Waals surface area contributed by atoms with Crippen molar-refractivity contribution in [2.45, 2.75) is 77.0 Å². The number of hydrogen-bond donors (Lipinski definition) is 1. The quantitative estimate of drug-likeness (QED) is 0.239. The van der Waals surface area contributed by atoms with E-state index < -0.39 is 90.7 Å². The fourth-order valence-electron chi connectivity index (χ4n) is 4.54. The smallest absolute Gasteiger partial charge is 0.370 e. The van der Waals surface area contributed by atoms with E-state index in [1.165, 1.54) is 12.1 Å². The molecule has 1 aliphatic heterocycles. The van der Waals surface area contributed by atoms with Crippen LogP contribution in [0.1, 0.15) is 45.0 Å². The molecule has 0 aromatic heterocycles. The molecule has 0 unspecified atom stereocenters. The molecule has 242 valence electrons. The summed E-state index contributed by atoms with van der Waals surface area (Å²) in [4.78, 5) is 87.5. The number of rotatable bonds is 12. The summed E-state index contributed by atoms with van der Waals surface area (Å²) in [6, 6.07) is 5.95. The lowest BCUT2D eigenvalue weighted by Gasteiger charge is -2.51. The Morgan fingerprint density at radius 3 is 1.93 bits per heavy atom. The van der Waals surface area contributed by atoms with Crippen molar-refractivity contribution >= 4 is 41.7 Å². The SMILES string of the molecule is COC(=O)[C@]1(OC)O[C@@H]([C@H](OC(C)=O)[C@@H](COC(C)=O)OC(C)=O)[C@H](NC(C)=O)[C@@H](OC(C)=O)[C@@H]1OC(=O)c1ccccc1. The first-order valence-electron chi connectivity index (χ1n) is 13.2. The van der Waals surface area contributed by atoms with Gasteiger partial charge in [0, 0.05) is 41.7 Å². The first-order valence-corrected chi connectivity index (χ1v) is 13.2. The highest BCUT2D eigenvalue weighted by Gasteiger charge is 2.66. The Morgan fingerprint density at radius 1 is 0.841 bits per heavy atom. The van der Waals surface area contributed by atoms with Crippen LogP contribution < -0.4 is 5.32 Å². The molecule has 0 spiro atoms. The summed E-state index contributed by atoms with van der Waals surface area (Å²) < 4.78 is 43.4. The van der Waals surface area contributed by atoms with E-state index in [4.69, 9.17) is 37.9 Å². The van der Waals surface area contributed by atoms with Crippen LogP contribution in [0.15, 0.2) is 30.3 Å². The molecule has 0 bridgehead atoms. The van der Waals surface area contributed by atoms with E-state index in [9.17, 15) is 33.6 Å². The molecule has 0 saturated carbocycles. The van der Waals surface area contributed by atoms with Crippen molar-refractivity contribution in [3.8, 4) is 0 Å². The highest BCUT2D eigenvalue weighted by Crippen LogP contribution is 2.39.